The van der Waals surface area contributed by atoms with Crippen molar-refractivity contribution in [3.8, 4) is 0 Å². The third-order valence-corrected chi connectivity index (χ3v) is 2.82. The lowest BCUT2D eigenvalue weighted by Gasteiger charge is -2.47. The smallest absolute Gasteiger partial charge is 0.0940 e. The molecule has 1 aliphatic carbocycles. The molecule has 1 saturated carbocycles. The molecule has 0 bridgehead atoms. The van der Waals surface area contributed by atoms with Crippen molar-refractivity contribution in [3.63, 3.8) is 0 Å². The average molecular weight is 142 g/mol. The van der Waals surface area contributed by atoms with Crippen molar-refractivity contribution in [1.29, 1.82) is 0 Å². The van der Waals surface area contributed by atoms with E-state index in [9.17, 15) is 5.11 Å². The van der Waals surface area contributed by atoms with Crippen LogP contribution in [0.3, 0.4) is 0 Å². The molecule has 1 unspecified atom stereocenters. The van der Waals surface area contributed by atoms with Crippen LogP contribution in [-0.2, 0) is 4.74 Å². The Morgan fingerprint density at radius 1 is 1.30 bits per heavy atom. The third-order valence-electron chi connectivity index (χ3n) is 2.82. The van der Waals surface area contributed by atoms with Crippen LogP contribution in [-0.4, -0.2) is 23.4 Å². The van der Waals surface area contributed by atoms with Crippen LogP contribution in [0.2, 0.25) is 0 Å². The molecule has 1 N–H and O–H groups in total. The van der Waals surface area contributed by atoms with Gasteiger partial charge in [0.05, 0.1) is 11.7 Å². The van der Waals surface area contributed by atoms with E-state index in [1.807, 2.05) is 0 Å². The maximum Gasteiger partial charge on any atom is 0.0940 e. The number of hydrogen-bond acceptors (Lipinski definition) is 2. The first kappa shape index (κ1) is 6.62. The van der Waals surface area contributed by atoms with Crippen LogP contribution in [0.25, 0.3) is 0 Å². The predicted molar refractivity (Wildman–Crippen MR) is 37.8 cm³/mol. The lowest BCUT2D eigenvalue weighted by atomic mass is 9.73. The Morgan fingerprint density at radius 2 is 2.10 bits per heavy atom. The molecular formula is C8H14O2. The van der Waals surface area contributed by atoms with Gasteiger partial charge in [-0.2, -0.15) is 0 Å². The van der Waals surface area contributed by atoms with E-state index in [0.717, 1.165) is 32.3 Å². The highest BCUT2D eigenvalue weighted by Crippen LogP contribution is 2.42. The lowest BCUT2D eigenvalue weighted by Crippen LogP contribution is -2.53. The van der Waals surface area contributed by atoms with Gasteiger partial charge in [0.1, 0.15) is 0 Å². The molecular weight excluding hydrogens is 128 g/mol. The number of aliphatic hydroxyl groups is 1. The molecule has 0 aromatic rings. The molecule has 2 fully saturated rings. The van der Waals surface area contributed by atoms with Crippen molar-refractivity contribution in [2.45, 2.75) is 43.8 Å². The third kappa shape index (κ3) is 0.789. The molecule has 1 heterocycles. The topological polar surface area (TPSA) is 29.5 Å². The summed E-state index contributed by atoms with van der Waals surface area (Å²) in [6, 6.07) is 0. The van der Waals surface area contributed by atoms with E-state index < -0.39 is 0 Å². The minimum atomic E-state index is -0.171. The van der Waals surface area contributed by atoms with Crippen LogP contribution >= 0.6 is 0 Å². The summed E-state index contributed by atoms with van der Waals surface area (Å²) >= 11 is 0. The molecule has 1 spiro atoms. The Hall–Kier alpha value is -0.0800. The van der Waals surface area contributed by atoms with Gasteiger partial charge in [0.25, 0.3) is 0 Å². The zero-order valence-electron chi connectivity index (χ0n) is 6.18. The van der Waals surface area contributed by atoms with E-state index in [2.05, 4.69) is 0 Å². The van der Waals surface area contributed by atoms with E-state index >= 15 is 0 Å². The molecule has 0 radical (unpaired) electrons. The van der Waals surface area contributed by atoms with Gasteiger partial charge in [-0.05, 0) is 32.1 Å². The summed E-state index contributed by atoms with van der Waals surface area (Å²) in [4.78, 5) is 0. The van der Waals surface area contributed by atoms with E-state index in [4.69, 9.17) is 4.74 Å². The van der Waals surface area contributed by atoms with Crippen LogP contribution in [0.4, 0.5) is 0 Å². The second-order valence-electron chi connectivity index (χ2n) is 3.42. The van der Waals surface area contributed by atoms with Crippen LogP contribution in [0.5, 0.6) is 0 Å². The fourth-order valence-electron chi connectivity index (χ4n) is 1.91. The van der Waals surface area contributed by atoms with E-state index in [-0.39, 0.29) is 11.7 Å². The standard InChI is InChI=1S/C8H14O2/c9-7-3-1-6-10-8(7)4-2-5-8/h7,9H,1-6H2. The zero-order chi connectivity index (χ0) is 7.03. The lowest BCUT2D eigenvalue weighted by molar-refractivity contribution is -0.193. The first-order valence-electron chi connectivity index (χ1n) is 4.16. The first-order valence-corrected chi connectivity index (χ1v) is 4.16. The highest BCUT2D eigenvalue weighted by atomic mass is 16.5. The van der Waals surface area contributed by atoms with Gasteiger partial charge in [-0.15, -0.1) is 0 Å². The summed E-state index contributed by atoms with van der Waals surface area (Å²) in [5.74, 6) is 0. The van der Waals surface area contributed by atoms with E-state index in [0.29, 0.717) is 0 Å². The van der Waals surface area contributed by atoms with Gasteiger partial charge in [0.2, 0.25) is 0 Å². The summed E-state index contributed by atoms with van der Waals surface area (Å²) in [6.45, 7) is 0.858. The van der Waals surface area contributed by atoms with Gasteiger partial charge in [-0.1, -0.05) is 0 Å². The SMILES string of the molecule is OC1CCCOC12CCC2. The van der Waals surface area contributed by atoms with E-state index in [1.54, 1.807) is 0 Å². The summed E-state index contributed by atoms with van der Waals surface area (Å²) in [5, 5.41) is 9.55. The van der Waals surface area contributed by atoms with Gasteiger partial charge < -0.3 is 9.84 Å². The first-order chi connectivity index (χ1) is 4.83. The normalized spacial score (nSPS) is 37.5. The van der Waals surface area contributed by atoms with Gasteiger partial charge in [0, 0.05) is 6.61 Å². The van der Waals surface area contributed by atoms with Crippen molar-refractivity contribution < 1.29 is 9.84 Å². The Kier molecular flexibility index (Phi) is 1.46. The minimum Gasteiger partial charge on any atom is -0.390 e. The molecule has 0 aromatic heterocycles. The largest absolute Gasteiger partial charge is 0.390 e. The molecule has 1 aliphatic heterocycles. The molecule has 10 heavy (non-hydrogen) atoms. The second kappa shape index (κ2) is 2.21. The number of hydrogen-bond donors (Lipinski definition) is 1. The Labute approximate surface area is 61.2 Å². The Morgan fingerprint density at radius 3 is 2.50 bits per heavy atom. The van der Waals surface area contributed by atoms with E-state index in [1.165, 1.54) is 6.42 Å². The zero-order valence-corrected chi connectivity index (χ0v) is 6.18. The molecule has 2 rings (SSSR count). The Bertz CT molecular complexity index is 129. The highest BCUT2D eigenvalue weighted by molar-refractivity contribution is 4.97. The number of ether oxygens (including phenoxy) is 1. The van der Waals surface area contributed by atoms with Crippen LogP contribution in [0.1, 0.15) is 32.1 Å². The van der Waals surface area contributed by atoms with Crippen LogP contribution in [0.15, 0.2) is 0 Å². The number of rotatable bonds is 0. The summed E-state index contributed by atoms with van der Waals surface area (Å²) in [7, 11) is 0. The number of aliphatic hydroxyl groups excluding tert-OH is 1. The molecule has 2 heteroatoms. The Balaban J connectivity index is 2.03. The summed E-state index contributed by atoms with van der Waals surface area (Å²) in [5.41, 5.74) is -0.0851. The quantitative estimate of drug-likeness (QED) is 0.548. The summed E-state index contributed by atoms with van der Waals surface area (Å²) in [6.07, 6.45) is 5.19. The van der Waals surface area contributed by atoms with Crippen molar-refractivity contribution in [2.75, 3.05) is 6.61 Å². The van der Waals surface area contributed by atoms with Crippen molar-refractivity contribution in [2.24, 2.45) is 0 Å². The predicted octanol–water partition coefficient (Wildman–Crippen LogP) is 1.08. The van der Waals surface area contributed by atoms with Gasteiger partial charge >= 0.3 is 0 Å². The molecule has 0 aromatic carbocycles. The average Bonchev–Trinajstić information content (AvgIpc) is 1.85. The van der Waals surface area contributed by atoms with Gasteiger partial charge in [-0.25, -0.2) is 0 Å². The van der Waals surface area contributed by atoms with Gasteiger partial charge in [0.15, 0.2) is 0 Å². The van der Waals surface area contributed by atoms with Crippen molar-refractivity contribution >= 4 is 0 Å². The van der Waals surface area contributed by atoms with Crippen LogP contribution < -0.4 is 0 Å². The van der Waals surface area contributed by atoms with Gasteiger partial charge in [-0.3, -0.25) is 0 Å². The van der Waals surface area contributed by atoms with Crippen LogP contribution in [0, 0.1) is 0 Å². The maximum atomic E-state index is 9.55. The molecule has 58 valence electrons. The second-order valence-corrected chi connectivity index (χ2v) is 3.42. The van der Waals surface area contributed by atoms with Crippen molar-refractivity contribution in [1.82, 2.24) is 0 Å². The molecule has 1 atom stereocenters. The molecule has 0 amide bonds. The fraction of sp³-hybridized carbons (Fsp3) is 1.00. The molecule has 2 aliphatic rings. The highest BCUT2D eigenvalue weighted by Gasteiger charge is 2.45. The maximum absolute atomic E-state index is 9.55. The molecule has 2 nitrogen and oxygen atoms in total. The minimum absolute atomic E-state index is 0.0851. The molecule has 1 saturated heterocycles. The fourth-order valence-corrected chi connectivity index (χ4v) is 1.91. The van der Waals surface area contributed by atoms with Crippen molar-refractivity contribution in [3.05, 3.63) is 0 Å². The summed E-state index contributed by atoms with van der Waals surface area (Å²) < 4.78 is 5.56. The monoisotopic (exact) mass is 142 g/mol.